The first-order chi connectivity index (χ1) is 12.5. The fourth-order valence-electron chi connectivity index (χ4n) is 2.75. The first-order valence-corrected chi connectivity index (χ1v) is 10.2. The summed E-state index contributed by atoms with van der Waals surface area (Å²) in [5.41, 5.74) is 1.05. The summed E-state index contributed by atoms with van der Waals surface area (Å²) >= 11 is 0. The van der Waals surface area contributed by atoms with Crippen LogP contribution in [-0.4, -0.2) is 48.7 Å². The Bertz CT molecular complexity index is 508. The van der Waals surface area contributed by atoms with Gasteiger partial charge in [0.15, 0.2) is 11.7 Å². The number of guanidine groups is 1. The molecule has 0 amide bonds. The summed E-state index contributed by atoms with van der Waals surface area (Å²) in [6.07, 6.45) is 4.48. The van der Waals surface area contributed by atoms with Crippen molar-refractivity contribution < 1.29 is 4.52 Å². The number of nitrogens with zero attached hydrogens (tertiary/aromatic N) is 3. The summed E-state index contributed by atoms with van der Waals surface area (Å²) in [6, 6.07) is 2.65. The van der Waals surface area contributed by atoms with E-state index in [2.05, 4.69) is 67.3 Å². The molecule has 0 aromatic carbocycles. The Morgan fingerprint density at radius 1 is 1.19 bits per heavy atom. The van der Waals surface area contributed by atoms with E-state index in [1.165, 1.54) is 6.42 Å². The van der Waals surface area contributed by atoms with Gasteiger partial charge in [0.2, 0.25) is 0 Å². The van der Waals surface area contributed by atoms with Crippen molar-refractivity contribution in [2.75, 3.05) is 26.7 Å². The molecule has 0 fully saturated rings. The molecule has 1 rings (SSSR count). The highest BCUT2D eigenvalue weighted by molar-refractivity contribution is 5.79. The summed E-state index contributed by atoms with van der Waals surface area (Å²) in [7, 11) is 2.18. The van der Waals surface area contributed by atoms with Gasteiger partial charge in [-0.3, -0.25) is 0 Å². The molecule has 0 aliphatic rings. The number of nitrogens with one attached hydrogen (secondary N) is 2. The van der Waals surface area contributed by atoms with E-state index < -0.39 is 0 Å². The van der Waals surface area contributed by atoms with Crippen molar-refractivity contribution in [2.24, 2.45) is 4.99 Å². The van der Waals surface area contributed by atoms with E-state index in [-0.39, 0.29) is 0 Å². The second kappa shape index (κ2) is 12.7. The standard InChI is InChI=1S/C20H39N5O/c1-7-17(8-2)19-14-18(26-24-19)15-23-20(21-9-3)22-12-10-11-13-25(6)16(4)5/h14,16-17H,7-13,15H2,1-6H3,(H2,21,22,23). The molecule has 1 heterocycles. The molecule has 6 nitrogen and oxygen atoms in total. The number of hydrogen-bond donors (Lipinski definition) is 2. The average molecular weight is 366 g/mol. The molecule has 0 aliphatic heterocycles. The lowest BCUT2D eigenvalue weighted by Gasteiger charge is -2.20. The third-order valence-corrected chi connectivity index (χ3v) is 4.83. The Kier molecular flexibility index (Phi) is 11.0. The zero-order chi connectivity index (χ0) is 19.4. The van der Waals surface area contributed by atoms with Crippen LogP contribution in [-0.2, 0) is 6.54 Å². The van der Waals surface area contributed by atoms with Gasteiger partial charge in [-0.1, -0.05) is 19.0 Å². The number of aromatic nitrogens is 1. The van der Waals surface area contributed by atoms with E-state index in [1.807, 2.05) is 6.07 Å². The fourth-order valence-corrected chi connectivity index (χ4v) is 2.75. The Labute approximate surface area is 159 Å². The van der Waals surface area contributed by atoms with Crippen LogP contribution in [0.3, 0.4) is 0 Å². The van der Waals surface area contributed by atoms with Gasteiger partial charge in [0, 0.05) is 31.1 Å². The van der Waals surface area contributed by atoms with Crippen molar-refractivity contribution in [3.63, 3.8) is 0 Å². The van der Waals surface area contributed by atoms with Crippen molar-refractivity contribution in [3.05, 3.63) is 17.5 Å². The molecular formula is C20H39N5O. The Morgan fingerprint density at radius 2 is 1.92 bits per heavy atom. The van der Waals surface area contributed by atoms with Gasteiger partial charge < -0.3 is 20.1 Å². The number of unbranched alkanes of at least 4 members (excludes halogenated alkanes) is 1. The van der Waals surface area contributed by atoms with Gasteiger partial charge in [-0.2, -0.15) is 0 Å². The van der Waals surface area contributed by atoms with Gasteiger partial charge >= 0.3 is 0 Å². The molecule has 150 valence electrons. The monoisotopic (exact) mass is 365 g/mol. The quantitative estimate of drug-likeness (QED) is 0.335. The van der Waals surface area contributed by atoms with Gasteiger partial charge in [-0.25, -0.2) is 4.99 Å². The van der Waals surface area contributed by atoms with Gasteiger partial charge in [0.1, 0.15) is 6.54 Å². The maximum Gasteiger partial charge on any atom is 0.191 e. The van der Waals surface area contributed by atoms with Gasteiger partial charge in [0.05, 0.1) is 5.69 Å². The molecule has 1 aromatic heterocycles. The number of hydrogen-bond acceptors (Lipinski definition) is 4. The number of aliphatic imine (C=N–C) groups is 1. The Hall–Kier alpha value is -1.56. The van der Waals surface area contributed by atoms with E-state index >= 15 is 0 Å². The highest BCUT2D eigenvalue weighted by Crippen LogP contribution is 2.22. The molecule has 0 spiro atoms. The topological polar surface area (TPSA) is 65.7 Å². The SMILES string of the molecule is CCNC(=NCc1cc(C(CC)CC)no1)NCCCCN(C)C(C)C. The highest BCUT2D eigenvalue weighted by Gasteiger charge is 2.12. The molecule has 0 saturated carbocycles. The predicted octanol–water partition coefficient (Wildman–Crippen LogP) is 3.75. The van der Waals surface area contributed by atoms with E-state index in [9.17, 15) is 0 Å². The lowest BCUT2D eigenvalue weighted by molar-refractivity contribution is 0.268. The first kappa shape index (κ1) is 22.5. The van der Waals surface area contributed by atoms with E-state index in [4.69, 9.17) is 4.52 Å². The molecule has 0 saturated heterocycles. The van der Waals surface area contributed by atoms with Crippen LogP contribution < -0.4 is 10.6 Å². The Balaban J connectivity index is 2.43. The molecule has 0 aliphatic carbocycles. The van der Waals surface area contributed by atoms with Crippen LogP contribution in [0.1, 0.15) is 77.7 Å². The van der Waals surface area contributed by atoms with Gasteiger partial charge in [-0.15, -0.1) is 0 Å². The maximum absolute atomic E-state index is 5.45. The summed E-state index contributed by atoms with van der Waals surface area (Å²) in [4.78, 5) is 6.99. The summed E-state index contributed by atoms with van der Waals surface area (Å²) in [5.74, 6) is 2.14. The van der Waals surface area contributed by atoms with Crippen LogP contribution in [0.15, 0.2) is 15.6 Å². The fraction of sp³-hybridized carbons (Fsp3) is 0.800. The average Bonchev–Trinajstić information content (AvgIpc) is 3.08. The van der Waals surface area contributed by atoms with Crippen LogP contribution in [0.25, 0.3) is 0 Å². The highest BCUT2D eigenvalue weighted by atomic mass is 16.5. The molecule has 0 atom stereocenters. The second-order valence-corrected chi connectivity index (χ2v) is 7.13. The van der Waals surface area contributed by atoms with Gasteiger partial charge in [0.25, 0.3) is 0 Å². The molecule has 26 heavy (non-hydrogen) atoms. The summed E-state index contributed by atoms with van der Waals surface area (Å²) < 4.78 is 5.45. The molecule has 6 heteroatoms. The van der Waals surface area contributed by atoms with Gasteiger partial charge in [-0.05, 0) is 60.0 Å². The van der Waals surface area contributed by atoms with Crippen molar-refractivity contribution >= 4 is 5.96 Å². The minimum atomic E-state index is 0.479. The van der Waals surface area contributed by atoms with E-state index in [0.717, 1.165) is 56.3 Å². The normalized spacial score (nSPS) is 12.4. The lowest BCUT2D eigenvalue weighted by Crippen LogP contribution is -2.38. The summed E-state index contributed by atoms with van der Waals surface area (Å²) in [5, 5.41) is 10.9. The summed E-state index contributed by atoms with van der Waals surface area (Å²) in [6.45, 7) is 14.3. The van der Waals surface area contributed by atoms with Crippen LogP contribution >= 0.6 is 0 Å². The van der Waals surface area contributed by atoms with Crippen LogP contribution in [0.4, 0.5) is 0 Å². The van der Waals surface area contributed by atoms with E-state index in [1.54, 1.807) is 0 Å². The molecule has 0 bridgehead atoms. The molecular weight excluding hydrogens is 326 g/mol. The smallest absolute Gasteiger partial charge is 0.191 e. The largest absolute Gasteiger partial charge is 0.359 e. The molecule has 2 N–H and O–H groups in total. The zero-order valence-electron chi connectivity index (χ0n) is 17.6. The third-order valence-electron chi connectivity index (χ3n) is 4.83. The molecule has 0 unspecified atom stereocenters. The van der Waals surface area contributed by atoms with Crippen molar-refractivity contribution in [2.45, 2.75) is 78.8 Å². The minimum Gasteiger partial charge on any atom is -0.359 e. The van der Waals surface area contributed by atoms with Crippen molar-refractivity contribution in [1.82, 2.24) is 20.7 Å². The van der Waals surface area contributed by atoms with Crippen molar-refractivity contribution in [3.8, 4) is 0 Å². The van der Waals surface area contributed by atoms with E-state index in [0.29, 0.717) is 18.5 Å². The van der Waals surface area contributed by atoms with Crippen LogP contribution in [0, 0.1) is 0 Å². The number of rotatable bonds is 12. The van der Waals surface area contributed by atoms with Crippen molar-refractivity contribution in [1.29, 1.82) is 0 Å². The van der Waals surface area contributed by atoms with Crippen LogP contribution in [0.5, 0.6) is 0 Å². The second-order valence-electron chi connectivity index (χ2n) is 7.13. The van der Waals surface area contributed by atoms with Crippen LogP contribution in [0.2, 0.25) is 0 Å². The molecule has 0 radical (unpaired) electrons. The lowest BCUT2D eigenvalue weighted by atomic mass is 9.99. The first-order valence-electron chi connectivity index (χ1n) is 10.2. The maximum atomic E-state index is 5.45. The zero-order valence-corrected chi connectivity index (χ0v) is 17.6. The minimum absolute atomic E-state index is 0.479. The predicted molar refractivity (Wildman–Crippen MR) is 110 cm³/mol. The molecule has 1 aromatic rings. The third kappa shape index (κ3) is 8.21. The Morgan fingerprint density at radius 3 is 2.54 bits per heavy atom.